The molecule has 1 aliphatic heterocycles. The van der Waals surface area contributed by atoms with Gasteiger partial charge in [-0.3, -0.25) is 11.3 Å². The van der Waals surface area contributed by atoms with Crippen LogP contribution in [0.3, 0.4) is 0 Å². The van der Waals surface area contributed by atoms with Gasteiger partial charge >= 0.3 is 0 Å². The van der Waals surface area contributed by atoms with Crippen LogP contribution in [0.1, 0.15) is 11.1 Å². The van der Waals surface area contributed by atoms with E-state index < -0.39 is 0 Å². The van der Waals surface area contributed by atoms with E-state index in [0.29, 0.717) is 0 Å². The standard InChI is InChI=1S/C13H19ClN2OS/c1-9-2-3-10(11(14)6-9)7-12(16-15)13-8-18-5-4-17-13/h2-3,6,12-13,16H,4-5,7-8,15H2,1H3. The minimum Gasteiger partial charge on any atom is -0.375 e. The summed E-state index contributed by atoms with van der Waals surface area (Å²) in [6.45, 7) is 2.84. The molecule has 1 fully saturated rings. The monoisotopic (exact) mass is 286 g/mol. The second kappa shape index (κ2) is 6.78. The third kappa shape index (κ3) is 3.62. The number of nitrogens with two attached hydrogens (primary N) is 1. The number of rotatable bonds is 4. The van der Waals surface area contributed by atoms with Gasteiger partial charge in [-0.15, -0.1) is 0 Å². The Kier molecular flexibility index (Phi) is 5.33. The highest BCUT2D eigenvalue weighted by Gasteiger charge is 2.24. The van der Waals surface area contributed by atoms with Crippen LogP contribution in [0.5, 0.6) is 0 Å². The highest BCUT2D eigenvalue weighted by atomic mass is 35.5. The molecule has 0 radical (unpaired) electrons. The van der Waals surface area contributed by atoms with Crippen molar-refractivity contribution in [2.45, 2.75) is 25.5 Å². The molecule has 1 aliphatic rings. The maximum absolute atomic E-state index is 6.25. The molecule has 0 saturated carbocycles. The summed E-state index contributed by atoms with van der Waals surface area (Å²) in [6.07, 6.45) is 0.951. The average Bonchev–Trinajstić information content (AvgIpc) is 2.39. The van der Waals surface area contributed by atoms with E-state index in [1.807, 2.05) is 24.8 Å². The number of aryl methyl sites for hydroxylation is 1. The van der Waals surface area contributed by atoms with Crippen LogP contribution in [-0.2, 0) is 11.2 Å². The van der Waals surface area contributed by atoms with Gasteiger partial charge in [-0.25, -0.2) is 0 Å². The lowest BCUT2D eigenvalue weighted by Crippen LogP contribution is -2.49. The highest BCUT2D eigenvalue weighted by molar-refractivity contribution is 7.99. The second-order valence-corrected chi connectivity index (χ2v) is 6.11. The second-order valence-electron chi connectivity index (χ2n) is 4.56. The lowest BCUT2D eigenvalue weighted by Gasteiger charge is -2.30. The topological polar surface area (TPSA) is 47.3 Å². The summed E-state index contributed by atoms with van der Waals surface area (Å²) in [4.78, 5) is 0. The number of nitrogens with one attached hydrogen (secondary N) is 1. The van der Waals surface area contributed by atoms with Crippen LogP contribution in [0.2, 0.25) is 5.02 Å². The smallest absolute Gasteiger partial charge is 0.0835 e. The Labute approximate surface area is 117 Å². The van der Waals surface area contributed by atoms with Gasteiger partial charge in [-0.1, -0.05) is 23.7 Å². The number of hydrogen-bond donors (Lipinski definition) is 2. The summed E-state index contributed by atoms with van der Waals surface area (Å²) in [5.74, 6) is 7.70. The first kappa shape index (κ1) is 14.2. The van der Waals surface area contributed by atoms with E-state index in [0.717, 1.165) is 35.1 Å². The minimum absolute atomic E-state index is 0.109. The molecule has 2 rings (SSSR count). The molecule has 0 spiro atoms. The fraction of sp³-hybridized carbons (Fsp3) is 0.538. The van der Waals surface area contributed by atoms with Gasteiger partial charge in [0.1, 0.15) is 0 Å². The molecule has 18 heavy (non-hydrogen) atoms. The van der Waals surface area contributed by atoms with Crippen molar-refractivity contribution < 1.29 is 4.74 Å². The summed E-state index contributed by atoms with van der Waals surface area (Å²) in [7, 11) is 0. The molecule has 1 aromatic carbocycles. The Morgan fingerprint density at radius 3 is 3.06 bits per heavy atom. The van der Waals surface area contributed by atoms with Crippen molar-refractivity contribution in [1.29, 1.82) is 0 Å². The highest BCUT2D eigenvalue weighted by Crippen LogP contribution is 2.22. The average molecular weight is 287 g/mol. The number of hydrogen-bond acceptors (Lipinski definition) is 4. The number of benzene rings is 1. The van der Waals surface area contributed by atoms with Crippen molar-refractivity contribution in [3.05, 3.63) is 34.3 Å². The van der Waals surface area contributed by atoms with E-state index >= 15 is 0 Å². The van der Waals surface area contributed by atoms with E-state index in [2.05, 4.69) is 17.6 Å². The zero-order valence-corrected chi connectivity index (χ0v) is 12.1. The number of hydrazine groups is 1. The summed E-state index contributed by atoms with van der Waals surface area (Å²) < 4.78 is 5.76. The molecule has 100 valence electrons. The van der Waals surface area contributed by atoms with Gasteiger partial charge in [-0.2, -0.15) is 11.8 Å². The Hall–Kier alpha value is -0.260. The molecule has 1 saturated heterocycles. The lowest BCUT2D eigenvalue weighted by atomic mass is 10.0. The van der Waals surface area contributed by atoms with Gasteiger partial charge in [-0.05, 0) is 30.5 Å². The Morgan fingerprint density at radius 1 is 1.61 bits per heavy atom. The van der Waals surface area contributed by atoms with E-state index in [1.165, 1.54) is 5.56 Å². The number of halogens is 1. The first-order chi connectivity index (χ1) is 8.70. The molecule has 1 heterocycles. The molecule has 3 nitrogen and oxygen atoms in total. The van der Waals surface area contributed by atoms with Gasteiger partial charge in [0.15, 0.2) is 0 Å². The Balaban J connectivity index is 2.04. The van der Waals surface area contributed by atoms with E-state index in [-0.39, 0.29) is 12.1 Å². The fourth-order valence-electron chi connectivity index (χ4n) is 2.09. The maximum Gasteiger partial charge on any atom is 0.0835 e. The summed E-state index contributed by atoms with van der Waals surface area (Å²) in [5.41, 5.74) is 5.15. The van der Waals surface area contributed by atoms with Gasteiger partial charge in [0, 0.05) is 16.5 Å². The first-order valence-corrected chi connectivity index (χ1v) is 7.64. The number of thioether (sulfide) groups is 1. The largest absolute Gasteiger partial charge is 0.375 e. The Bertz CT molecular complexity index is 397. The van der Waals surface area contributed by atoms with Crippen LogP contribution in [0, 0.1) is 6.92 Å². The summed E-state index contributed by atoms with van der Waals surface area (Å²) in [6, 6.07) is 6.24. The normalized spacial score (nSPS) is 21.8. The fourth-order valence-corrected chi connectivity index (χ4v) is 3.34. The quantitative estimate of drug-likeness (QED) is 0.658. The van der Waals surface area contributed by atoms with Crippen molar-refractivity contribution in [3.8, 4) is 0 Å². The third-order valence-corrected chi connectivity index (χ3v) is 4.52. The van der Waals surface area contributed by atoms with Crippen molar-refractivity contribution >= 4 is 23.4 Å². The molecule has 1 aromatic rings. The van der Waals surface area contributed by atoms with Gasteiger partial charge < -0.3 is 4.74 Å². The van der Waals surface area contributed by atoms with Gasteiger partial charge in [0.2, 0.25) is 0 Å². The van der Waals surface area contributed by atoms with Crippen LogP contribution in [-0.4, -0.2) is 30.3 Å². The predicted molar refractivity (Wildman–Crippen MR) is 78.1 cm³/mol. The van der Waals surface area contributed by atoms with Crippen molar-refractivity contribution in [1.82, 2.24) is 5.43 Å². The lowest BCUT2D eigenvalue weighted by molar-refractivity contribution is 0.0472. The third-order valence-electron chi connectivity index (χ3n) is 3.15. The molecular formula is C13H19ClN2OS. The molecular weight excluding hydrogens is 268 g/mol. The molecule has 3 N–H and O–H groups in total. The Morgan fingerprint density at radius 2 is 2.44 bits per heavy atom. The molecule has 0 aliphatic carbocycles. The zero-order valence-electron chi connectivity index (χ0n) is 10.5. The van der Waals surface area contributed by atoms with Crippen LogP contribution < -0.4 is 11.3 Å². The van der Waals surface area contributed by atoms with Crippen LogP contribution in [0.4, 0.5) is 0 Å². The molecule has 0 aromatic heterocycles. The first-order valence-electron chi connectivity index (χ1n) is 6.11. The van der Waals surface area contributed by atoms with Crippen LogP contribution in [0.15, 0.2) is 18.2 Å². The summed E-state index contributed by atoms with van der Waals surface area (Å²) >= 11 is 8.17. The van der Waals surface area contributed by atoms with E-state index in [4.69, 9.17) is 22.2 Å². The molecule has 0 amide bonds. The summed E-state index contributed by atoms with van der Waals surface area (Å²) in [5, 5.41) is 0.804. The molecule has 5 heteroatoms. The molecule has 2 unspecified atom stereocenters. The van der Waals surface area contributed by atoms with E-state index in [1.54, 1.807) is 0 Å². The van der Waals surface area contributed by atoms with Crippen molar-refractivity contribution in [3.63, 3.8) is 0 Å². The number of ether oxygens (including phenoxy) is 1. The van der Waals surface area contributed by atoms with E-state index in [9.17, 15) is 0 Å². The van der Waals surface area contributed by atoms with Crippen LogP contribution >= 0.6 is 23.4 Å². The van der Waals surface area contributed by atoms with Crippen molar-refractivity contribution in [2.75, 3.05) is 18.1 Å². The van der Waals surface area contributed by atoms with Gasteiger partial charge in [0.05, 0.1) is 18.8 Å². The van der Waals surface area contributed by atoms with Gasteiger partial charge in [0.25, 0.3) is 0 Å². The molecule has 2 atom stereocenters. The maximum atomic E-state index is 6.25. The molecule has 0 bridgehead atoms. The van der Waals surface area contributed by atoms with Crippen LogP contribution in [0.25, 0.3) is 0 Å². The minimum atomic E-state index is 0.109. The predicted octanol–water partition coefficient (Wildman–Crippen LogP) is 2.15. The van der Waals surface area contributed by atoms with Crippen molar-refractivity contribution in [2.24, 2.45) is 5.84 Å². The SMILES string of the molecule is Cc1ccc(CC(NN)C2CSCCO2)c(Cl)c1. The zero-order chi connectivity index (χ0) is 13.0.